The van der Waals surface area contributed by atoms with E-state index in [2.05, 4.69) is 10.3 Å². The summed E-state index contributed by atoms with van der Waals surface area (Å²) in [5.74, 6) is -0.661. The van der Waals surface area contributed by atoms with Gasteiger partial charge in [0.1, 0.15) is 0 Å². The maximum atomic E-state index is 14.0. The lowest BCUT2D eigenvalue weighted by Gasteiger charge is -2.15. The van der Waals surface area contributed by atoms with Gasteiger partial charge in [0.15, 0.2) is 11.3 Å². The predicted octanol–water partition coefficient (Wildman–Crippen LogP) is 6.65. The van der Waals surface area contributed by atoms with E-state index in [4.69, 9.17) is 23.2 Å². The van der Waals surface area contributed by atoms with Crippen molar-refractivity contribution in [2.75, 3.05) is 24.3 Å². The average Bonchev–Trinajstić information content (AvgIpc) is 3.15. The predicted molar refractivity (Wildman–Crippen MR) is 124 cm³/mol. The van der Waals surface area contributed by atoms with E-state index >= 15 is 0 Å². The number of halogens is 5. The monoisotopic (exact) mass is 492 g/mol. The molecule has 170 valence electrons. The first kappa shape index (κ1) is 22.9. The van der Waals surface area contributed by atoms with Crippen molar-refractivity contribution in [3.8, 4) is 11.3 Å². The largest absolute Gasteiger partial charge is 0.435 e. The molecule has 0 aliphatic heterocycles. The van der Waals surface area contributed by atoms with Crippen LogP contribution in [0.3, 0.4) is 0 Å². The van der Waals surface area contributed by atoms with E-state index in [9.17, 15) is 18.0 Å². The lowest BCUT2D eigenvalue weighted by atomic mass is 10.1. The number of imidazole rings is 1. The van der Waals surface area contributed by atoms with Gasteiger partial charge in [-0.1, -0.05) is 41.4 Å². The summed E-state index contributed by atoms with van der Waals surface area (Å²) in [6.45, 7) is 0. The molecule has 33 heavy (non-hydrogen) atoms. The van der Waals surface area contributed by atoms with Crippen LogP contribution in [0.4, 0.5) is 24.5 Å². The summed E-state index contributed by atoms with van der Waals surface area (Å²) in [5, 5.41) is 2.83. The Kier molecular flexibility index (Phi) is 5.99. The molecule has 0 atom stereocenters. The molecule has 5 nitrogen and oxygen atoms in total. The highest BCUT2D eigenvalue weighted by molar-refractivity contribution is 6.40. The van der Waals surface area contributed by atoms with E-state index in [1.54, 1.807) is 49.3 Å². The molecule has 4 rings (SSSR count). The van der Waals surface area contributed by atoms with E-state index in [1.807, 2.05) is 0 Å². The van der Waals surface area contributed by atoms with Crippen molar-refractivity contribution < 1.29 is 18.0 Å². The van der Waals surface area contributed by atoms with Crippen molar-refractivity contribution in [3.63, 3.8) is 0 Å². The normalized spacial score (nSPS) is 11.6. The van der Waals surface area contributed by atoms with Crippen molar-refractivity contribution in [2.24, 2.45) is 0 Å². The molecule has 0 saturated heterocycles. The Morgan fingerprint density at radius 1 is 1.03 bits per heavy atom. The molecular formula is C23H17Cl2F3N4O. The van der Waals surface area contributed by atoms with Gasteiger partial charge >= 0.3 is 6.18 Å². The third kappa shape index (κ3) is 4.36. The molecule has 1 N–H and O–H groups in total. The number of nitrogens with zero attached hydrogens (tertiary/aromatic N) is 3. The van der Waals surface area contributed by atoms with E-state index in [0.29, 0.717) is 5.56 Å². The lowest BCUT2D eigenvalue weighted by Crippen LogP contribution is -2.14. The second kappa shape index (κ2) is 8.61. The molecule has 0 saturated carbocycles. The van der Waals surface area contributed by atoms with E-state index in [1.165, 1.54) is 34.9 Å². The molecule has 0 radical (unpaired) electrons. The second-order valence-corrected chi connectivity index (χ2v) is 8.23. The molecule has 0 spiro atoms. The first-order valence-corrected chi connectivity index (χ1v) is 10.4. The van der Waals surface area contributed by atoms with E-state index < -0.39 is 17.8 Å². The molecule has 0 aliphatic carbocycles. The Hall–Kier alpha value is -3.23. The number of hydrogen-bond acceptors (Lipinski definition) is 3. The molecule has 0 aliphatic rings. The zero-order valence-corrected chi connectivity index (χ0v) is 18.9. The van der Waals surface area contributed by atoms with Crippen LogP contribution in [0, 0.1) is 0 Å². The van der Waals surface area contributed by atoms with Crippen LogP contribution in [-0.4, -0.2) is 29.4 Å². The number of pyridine rings is 1. The van der Waals surface area contributed by atoms with Gasteiger partial charge in [0, 0.05) is 31.5 Å². The van der Waals surface area contributed by atoms with Crippen molar-refractivity contribution >= 4 is 46.1 Å². The summed E-state index contributed by atoms with van der Waals surface area (Å²) in [6, 6.07) is 14.3. The third-order valence-electron chi connectivity index (χ3n) is 4.99. The van der Waals surface area contributed by atoms with Gasteiger partial charge in [0.05, 0.1) is 27.0 Å². The van der Waals surface area contributed by atoms with Crippen LogP contribution < -0.4 is 10.2 Å². The fraction of sp³-hybridized carbons (Fsp3) is 0.130. The van der Waals surface area contributed by atoms with Crippen LogP contribution >= 0.6 is 23.2 Å². The van der Waals surface area contributed by atoms with Gasteiger partial charge in [-0.05, 0) is 36.4 Å². The number of nitrogens with one attached hydrogen (secondary N) is 1. The van der Waals surface area contributed by atoms with Crippen LogP contribution in [0.2, 0.25) is 10.0 Å². The van der Waals surface area contributed by atoms with Crippen LogP contribution in [0.1, 0.15) is 16.1 Å². The SMILES string of the molecule is CN(C)c1cccc(-c2c(C(F)(F)F)nc3c(NC(=O)c4c(Cl)cccc4Cl)cccn23)c1. The molecule has 1 amide bonds. The topological polar surface area (TPSA) is 49.6 Å². The van der Waals surface area contributed by atoms with E-state index in [-0.39, 0.29) is 32.6 Å². The summed E-state index contributed by atoms with van der Waals surface area (Å²) in [4.78, 5) is 18.5. The van der Waals surface area contributed by atoms with Gasteiger partial charge in [0.25, 0.3) is 5.91 Å². The summed E-state index contributed by atoms with van der Waals surface area (Å²) in [5.41, 5.74) is -0.0917. The number of fused-ring (bicyclic) bond motifs is 1. The van der Waals surface area contributed by atoms with Gasteiger partial charge in [0.2, 0.25) is 0 Å². The first-order chi connectivity index (χ1) is 15.6. The number of hydrogen-bond donors (Lipinski definition) is 1. The standard InChI is InChI=1S/C23H17Cl2F3N4O/c1-31(2)14-7-3-6-13(12-14)19-20(23(26,27)28)30-21-17(10-5-11-32(19)21)29-22(33)18-15(24)8-4-9-16(18)25/h3-12H,1-2H3,(H,29,33). The molecule has 4 aromatic rings. The van der Waals surface area contributed by atoms with Crippen LogP contribution in [-0.2, 0) is 6.18 Å². The Labute approximate surface area is 197 Å². The highest BCUT2D eigenvalue weighted by atomic mass is 35.5. The molecule has 2 aromatic carbocycles. The number of benzene rings is 2. The molecule has 0 bridgehead atoms. The first-order valence-electron chi connectivity index (χ1n) is 9.69. The number of anilines is 2. The number of aromatic nitrogens is 2. The smallest absolute Gasteiger partial charge is 0.378 e. The Bertz CT molecular complexity index is 1350. The van der Waals surface area contributed by atoms with Gasteiger partial charge < -0.3 is 10.2 Å². The number of carbonyl (C=O) groups excluding carboxylic acids is 1. The fourth-order valence-electron chi connectivity index (χ4n) is 3.47. The Balaban J connectivity index is 1.89. The fourth-order valence-corrected chi connectivity index (χ4v) is 4.04. The molecule has 0 fully saturated rings. The van der Waals surface area contributed by atoms with E-state index in [0.717, 1.165) is 5.69 Å². The van der Waals surface area contributed by atoms with Crippen molar-refractivity contribution in [1.29, 1.82) is 0 Å². The van der Waals surface area contributed by atoms with Crippen molar-refractivity contribution in [2.45, 2.75) is 6.18 Å². The number of carbonyl (C=O) groups is 1. The Morgan fingerprint density at radius 2 is 1.70 bits per heavy atom. The zero-order valence-electron chi connectivity index (χ0n) is 17.4. The summed E-state index contributed by atoms with van der Waals surface area (Å²) in [6.07, 6.45) is -3.25. The minimum absolute atomic E-state index is 0.0179. The number of rotatable bonds is 4. The Morgan fingerprint density at radius 3 is 2.33 bits per heavy atom. The van der Waals surface area contributed by atoms with Gasteiger partial charge in [-0.25, -0.2) is 4.98 Å². The average molecular weight is 493 g/mol. The van der Waals surface area contributed by atoms with Gasteiger partial charge in [-0.15, -0.1) is 0 Å². The molecular weight excluding hydrogens is 476 g/mol. The second-order valence-electron chi connectivity index (χ2n) is 7.42. The lowest BCUT2D eigenvalue weighted by molar-refractivity contribution is -0.140. The quantitative estimate of drug-likeness (QED) is 0.347. The van der Waals surface area contributed by atoms with Crippen molar-refractivity contribution in [1.82, 2.24) is 9.38 Å². The number of alkyl halides is 3. The minimum atomic E-state index is -4.72. The maximum absolute atomic E-state index is 14.0. The summed E-state index contributed by atoms with van der Waals surface area (Å²) >= 11 is 12.2. The third-order valence-corrected chi connectivity index (χ3v) is 5.62. The van der Waals surface area contributed by atoms with Gasteiger partial charge in [-0.2, -0.15) is 13.2 Å². The molecule has 2 heterocycles. The van der Waals surface area contributed by atoms with Crippen molar-refractivity contribution in [3.05, 3.63) is 82.1 Å². The number of amides is 1. The van der Waals surface area contributed by atoms with Crippen LogP contribution in [0.15, 0.2) is 60.8 Å². The van der Waals surface area contributed by atoms with Gasteiger partial charge in [-0.3, -0.25) is 9.20 Å². The molecule has 2 aromatic heterocycles. The summed E-state index contributed by atoms with van der Waals surface area (Å²) in [7, 11) is 3.59. The minimum Gasteiger partial charge on any atom is -0.378 e. The zero-order chi connectivity index (χ0) is 23.9. The van der Waals surface area contributed by atoms with Crippen LogP contribution in [0.25, 0.3) is 16.9 Å². The highest BCUT2D eigenvalue weighted by Gasteiger charge is 2.39. The molecule has 0 unspecified atom stereocenters. The van der Waals surface area contributed by atoms with Crippen LogP contribution in [0.5, 0.6) is 0 Å². The highest BCUT2D eigenvalue weighted by Crippen LogP contribution is 2.39. The molecule has 10 heteroatoms. The maximum Gasteiger partial charge on any atom is 0.435 e. The summed E-state index contributed by atoms with van der Waals surface area (Å²) < 4.78 is 43.3.